The Morgan fingerprint density at radius 2 is 2.04 bits per heavy atom. The van der Waals surface area contributed by atoms with E-state index in [9.17, 15) is 9.59 Å². The van der Waals surface area contributed by atoms with Gasteiger partial charge in [-0.3, -0.25) is 4.79 Å². The van der Waals surface area contributed by atoms with Crippen molar-refractivity contribution in [3.63, 3.8) is 0 Å². The number of amides is 1. The Morgan fingerprint density at radius 3 is 2.81 bits per heavy atom. The molecule has 6 nitrogen and oxygen atoms in total. The van der Waals surface area contributed by atoms with Crippen LogP contribution >= 0.6 is 0 Å². The lowest BCUT2D eigenvalue weighted by Crippen LogP contribution is -2.22. The number of aryl methyl sites for hydroxylation is 1. The van der Waals surface area contributed by atoms with Gasteiger partial charge < -0.3 is 10.1 Å². The number of hydrogen-bond acceptors (Lipinski definition) is 4. The van der Waals surface area contributed by atoms with Crippen molar-refractivity contribution in [3.8, 4) is 0 Å². The van der Waals surface area contributed by atoms with Gasteiger partial charge in [-0.05, 0) is 37.0 Å². The van der Waals surface area contributed by atoms with Crippen molar-refractivity contribution in [2.24, 2.45) is 0 Å². The van der Waals surface area contributed by atoms with Crippen LogP contribution in [0, 0.1) is 6.92 Å². The van der Waals surface area contributed by atoms with Crippen molar-refractivity contribution < 1.29 is 14.3 Å². The molecule has 0 saturated heterocycles. The second-order valence-corrected chi connectivity index (χ2v) is 6.45. The standard InChI is InChI=1S/C20H23N3O3/c1-15-6-2-3-7-16(15)10-11-20(25)26-14-19(24)22-18-12-13-21-23(18)17-8-4-5-9-17/h2-3,6-7,10-13,17H,4-5,8-9,14H2,1H3,(H,22,24)/b11-10+. The zero-order valence-electron chi connectivity index (χ0n) is 14.9. The summed E-state index contributed by atoms with van der Waals surface area (Å²) in [7, 11) is 0. The Balaban J connectivity index is 1.49. The number of nitrogens with zero attached hydrogens (tertiary/aromatic N) is 2. The molecule has 1 N–H and O–H groups in total. The van der Waals surface area contributed by atoms with Crippen LogP contribution in [0.1, 0.15) is 42.9 Å². The van der Waals surface area contributed by atoms with Gasteiger partial charge in [-0.25, -0.2) is 9.48 Å². The van der Waals surface area contributed by atoms with Crippen LogP contribution in [0.3, 0.4) is 0 Å². The lowest BCUT2D eigenvalue weighted by molar-refractivity contribution is -0.142. The van der Waals surface area contributed by atoms with E-state index in [4.69, 9.17) is 4.74 Å². The maximum atomic E-state index is 12.1. The Bertz CT molecular complexity index is 804. The molecule has 1 aliphatic rings. The molecule has 1 aromatic heterocycles. The van der Waals surface area contributed by atoms with Crippen LogP contribution in [-0.4, -0.2) is 28.3 Å². The Kier molecular flexibility index (Phi) is 5.84. The van der Waals surface area contributed by atoms with Crippen molar-refractivity contribution >= 4 is 23.8 Å². The number of hydrogen-bond donors (Lipinski definition) is 1. The third-order valence-electron chi connectivity index (χ3n) is 4.54. The maximum absolute atomic E-state index is 12.1. The zero-order chi connectivity index (χ0) is 18.4. The largest absolute Gasteiger partial charge is 0.452 e. The van der Waals surface area contributed by atoms with E-state index < -0.39 is 5.97 Å². The Labute approximate surface area is 152 Å². The monoisotopic (exact) mass is 353 g/mol. The molecule has 26 heavy (non-hydrogen) atoms. The molecule has 2 aromatic rings. The SMILES string of the molecule is Cc1ccccc1/C=C/C(=O)OCC(=O)Nc1ccnn1C1CCCC1. The molecule has 1 aliphatic carbocycles. The molecule has 1 heterocycles. The Hall–Kier alpha value is -2.89. The molecule has 0 bridgehead atoms. The smallest absolute Gasteiger partial charge is 0.331 e. The van der Waals surface area contributed by atoms with Gasteiger partial charge in [-0.2, -0.15) is 5.10 Å². The molecule has 0 unspecified atom stereocenters. The summed E-state index contributed by atoms with van der Waals surface area (Å²) in [5, 5.41) is 7.07. The molecule has 0 spiro atoms. The zero-order valence-corrected chi connectivity index (χ0v) is 14.9. The van der Waals surface area contributed by atoms with Crippen molar-refractivity contribution in [1.82, 2.24) is 9.78 Å². The third kappa shape index (κ3) is 4.59. The predicted octanol–water partition coefficient (Wildman–Crippen LogP) is 3.50. The van der Waals surface area contributed by atoms with Crippen LogP contribution < -0.4 is 5.32 Å². The molecule has 136 valence electrons. The van der Waals surface area contributed by atoms with Crippen LogP contribution in [0.4, 0.5) is 5.82 Å². The number of ether oxygens (including phenoxy) is 1. The van der Waals surface area contributed by atoms with Gasteiger partial charge in [0.2, 0.25) is 0 Å². The summed E-state index contributed by atoms with van der Waals surface area (Å²) in [5.41, 5.74) is 2.00. The second kappa shape index (κ2) is 8.47. The second-order valence-electron chi connectivity index (χ2n) is 6.45. The number of carbonyl (C=O) groups is 2. The van der Waals surface area contributed by atoms with Crippen molar-refractivity contribution in [2.45, 2.75) is 38.6 Å². The molecular formula is C20H23N3O3. The highest BCUT2D eigenvalue weighted by Gasteiger charge is 2.20. The lowest BCUT2D eigenvalue weighted by Gasteiger charge is -2.14. The molecule has 0 radical (unpaired) electrons. The predicted molar refractivity (Wildman–Crippen MR) is 99.5 cm³/mol. The fourth-order valence-electron chi connectivity index (χ4n) is 3.15. The van der Waals surface area contributed by atoms with Crippen molar-refractivity contribution in [3.05, 3.63) is 53.7 Å². The van der Waals surface area contributed by atoms with Crippen LogP contribution in [0.5, 0.6) is 0 Å². The van der Waals surface area contributed by atoms with Gasteiger partial charge in [-0.1, -0.05) is 37.1 Å². The molecule has 0 aliphatic heterocycles. The molecule has 3 rings (SSSR count). The first-order valence-electron chi connectivity index (χ1n) is 8.87. The highest BCUT2D eigenvalue weighted by molar-refractivity contribution is 5.94. The molecule has 0 atom stereocenters. The summed E-state index contributed by atoms with van der Waals surface area (Å²) in [6.45, 7) is 1.64. The first-order valence-corrected chi connectivity index (χ1v) is 8.87. The summed E-state index contributed by atoms with van der Waals surface area (Å²) < 4.78 is 6.86. The summed E-state index contributed by atoms with van der Waals surface area (Å²) in [6, 6.07) is 9.81. The van der Waals surface area contributed by atoms with Crippen LogP contribution in [-0.2, 0) is 14.3 Å². The summed E-state index contributed by atoms with van der Waals surface area (Å²) >= 11 is 0. The highest BCUT2D eigenvalue weighted by Crippen LogP contribution is 2.31. The highest BCUT2D eigenvalue weighted by atomic mass is 16.5. The van der Waals surface area contributed by atoms with E-state index in [2.05, 4.69) is 10.4 Å². The van der Waals surface area contributed by atoms with Crippen molar-refractivity contribution in [2.75, 3.05) is 11.9 Å². The molecule has 1 aromatic carbocycles. The number of aromatic nitrogens is 2. The van der Waals surface area contributed by atoms with E-state index in [-0.39, 0.29) is 12.5 Å². The van der Waals surface area contributed by atoms with E-state index in [1.54, 1.807) is 18.3 Å². The number of anilines is 1. The third-order valence-corrected chi connectivity index (χ3v) is 4.54. The first-order chi connectivity index (χ1) is 12.6. The van der Waals surface area contributed by atoms with E-state index in [1.807, 2.05) is 35.9 Å². The fourth-order valence-corrected chi connectivity index (χ4v) is 3.15. The number of benzene rings is 1. The number of carbonyl (C=O) groups excluding carboxylic acids is 2. The minimum atomic E-state index is -0.548. The molecular weight excluding hydrogens is 330 g/mol. The molecule has 6 heteroatoms. The fraction of sp³-hybridized carbons (Fsp3) is 0.350. The van der Waals surface area contributed by atoms with E-state index in [0.29, 0.717) is 11.9 Å². The number of nitrogens with one attached hydrogen (secondary N) is 1. The summed E-state index contributed by atoms with van der Waals surface area (Å²) in [6.07, 6.45) is 9.20. The summed E-state index contributed by atoms with van der Waals surface area (Å²) in [5.74, 6) is -0.275. The van der Waals surface area contributed by atoms with Gasteiger partial charge in [0.25, 0.3) is 5.91 Å². The normalized spacial score (nSPS) is 14.7. The molecule has 1 amide bonds. The van der Waals surface area contributed by atoms with Crippen LogP contribution in [0.25, 0.3) is 6.08 Å². The van der Waals surface area contributed by atoms with Gasteiger partial charge in [0, 0.05) is 12.1 Å². The Morgan fingerprint density at radius 1 is 1.27 bits per heavy atom. The van der Waals surface area contributed by atoms with Crippen molar-refractivity contribution in [1.29, 1.82) is 0 Å². The number of esters is 1. The maximum Gasteiger partial charge on any atom is 0.331 e. The van der Waals surface area contributed by atoms with E-state index in [0.717, 1.165) is 24.0 Å². The van der Waals surface area contributed by atoms with E-state index >= 15 is 0 Å². The first kappa shape index (κ1) is 17.9. The van der Waals surface area contributed by atoms with Gasteiger partial charge in [0.15, 0.2) is 6.61 Å². The molecule has 1 fully saturated rings. The van der Waals surface area contributed by atoms with Gasteiger partial charge in [0.05, 0.1) is 12.2 Å². The average Bonchev–Trinajstić information content (AvgIpc) is 3.30. The van der Waals surface area contributed by atoms with E-state index in [1.165, 1.54) is 18.9 Å². The lowest BCUT2D eigenvalue weighted by atomic mass is 10.1. The van der Waals surface area contributed by atoms with Crippen LogP contribution in [0.2, 0.25) is 0 Å². The topological polar surface area (TPSA) is 73.2 Å². The van der Waals surface area contributed by atoms with Crippen LogP contribution in [0.15, 0.2) is 42.6 Å². The minimum absolute atomic E-state index is 0.327. The number of rotatable bonds is 6. The summed E-state index contributed by atoms with van der Waals surface area (Å²) in [4.78, 5) is 23.9. The van der Waals surface area contributed by atoms with Gasteiger partial charge >= 0.3 is 5.97 Å². The van der Waals surface area contributed by atoms with Gasteiger partial charge in [-0.15, -0.1) is 0 Å². The average molecular weight is 353 g/mol. The minimum Gasteiger partial charge on any atom is -0.452 e. The molecule has 1 saturated carbocycles. The quantitative estimate of drug-likeness (QED) is 0.637. The van der Waals surface area contributed by atoms with Gasteiger partial charge in [0.1, 0.15) is 5.82 Å².